The highest BCUT2D eigenvalue weighted by Crippen LogP contribution is 2.22. The Morgan fingerprint density at radius 3 is 2.25 bits per heavy atom. The highest BCUT2D eigenvalue weighted by Gasteiger charge is 2.18. The van der Waals surface area contributed by atoms with E-state index in [4.69, 9.17) is 4.99 Å². The lowest BCUT2D eigenvalue weighted by Gasteiger charge is -2.27. The zero-order chi connectivity index (χ0) is 16.8. The number of nitrogens with zero attached hydrogens (tertiary/aromatic N) is 1. The molecular weight excluding hydrogens is 294 g/mol. The topological polar surface area (TPSA) is 36.4 Å². The summed E-state index contributed by atoms with van der Waals surface area (Å²) in [4.78, 5) is 5.08. The second-order valence-electron chi connectivity index (χ2n) is 7.69. The lowest BCUT2D eigenvalue weighted by Crippen LogP contribution is -2.41. The van der Waals surface area contributed by atoms with E-state index >= 15 is 0 Å². The van der Waals surface area contributed by atoms with E-state index in [1.54, 1.807) is 0 Å². The van der Waals surface area contributed by atoms with Crippen molar-refractivity contribution in [3.05, 3.63) is 29.3 Å². The van der Waals surface area contributed by atoms with Gasteiger partial charge in [-0.05, 0) is 51.2 Å². The molecule has 132 valence electrons. The van der Waals surface area contributed by atoms with E-state index in [0.717, 1.165) is 5.96 Å². The first kappa shape index (κ1) is 17.3. The molecular formula is C21H33N3. The van der Waals surface area contributed by atoms with Gasteiger partial charge in [0, 0.05) is 11.7 Å². The molecule has 2 N–H and O–H groups in total. The molecule has 0 aromatic heterocycles. The molecule has 2 fully saturated rings. The summed E-state index contributed by atoms with van der Waals surface area (Å²) in [6, 6.07) is 7.67. The third-order valence-corrected chi connectivity index (χ3v) is 5.47. The molecule has 1 aromatic rings. The molecule has 3 rings (SSSR count). The average molecular weight is 328 g/mol. The number of aliphatic imine (C=N–C) groups is 1. The molecule has 0 spiro atoms. The largest absolute Gasteiger partial charge is 0.353 e. The molecule has 3 nitrogen and oxygen atoms in total. The summed E-state index contributed by atoms with van der Waals surface area (Å²) in [5, 5.41) is 7.34. The van der Waals surface area contributed by atoms with E-state index < -0.39 is 0 Å². The molecule has 2 aliphatic carbocycles. The third-order valence-electron chi connectivity index (χ3n) is 5.47. The number of guanidine groups is 1. The van der Waals surface area contributed by atoms with Gasteiger partial charge in [-0.3, -0.25) is 0 Å². The van der Waals surface area contributed by atoms with Crippen LogP contribution < -0.4 is 10.6 Å². The van der Waals surface area contributed by atoms with Gasteiger partial charge >= 0.3 is 0 Å². The molecule has 2 aliphatic rings. The Morgan fingerprint density at radius 2 is 1.58 bits per heavy atom. The fourth-order valence-corrected chi connectivity index (χ4v) is 4.02. The Labute approximate surface area is 147 Å². The summed E-state index contributed by atoms with van der Waals surface area (Å²) in [6.45, 7) is 4.32. The molecule has 0 radical (unpaired) electrons. The maximum absolute atomic E-state index is 5.08. The van der Waals surface area contributed by atoms with Gasteiger partial charge < -0.3 is 10.6 Å². The van der Waals surface area contributed by atoms with Crippen LogP contribution >= 0.6 is 0 Å². The molecule has 24 heavy (non-hydrogen) atoms. The van der Waals surface area contributed by atoms with Crippen LogP contribution in [0.4, 0.5) is 5.69 Å². The minimum atomic E-state index is 0.489. The smallest absolute Gasteiger partial charge is 0.196 e. The summed E-state index contributed by atoms with van der Waals surface area (Å²) in [7, 11) is 0. The molecule has 0 unspecified atom stereocenters. The van der Waals surface area contributed by atoms with Crippen molar-refractivity contribution in [2.75, 3.05) is 5.32 Å². The van der Waals surface area contributed by atoms with E-state index in [0.29, 0.717) is 12.1 Å². The van der Waals surface area contributed by atoms with Crippen LogP contribution in [-0.4, -0.2) is 18.0 Å². The van der Waals surface area contributed by atoms with Crippen LogP contribution in [0.2, 0.25) is 0 Å². The van der Waals surface area contributed by atoms with Crippen LogP contribution in [0.25, 0.3) is 0 Å². The van der Waals surface area contributed by atoms with Crippen molar-refractivity contribution in [2.45, 2.75) is 90.1 Å². The van der Waals surface area contributed by atoms with E-state index in [-0.39, 0.29) is 0 Å². The van der Waals surface area contributed by atoms with Crippen LogP contribution in [0, 0.1) is 13.8 Å². The zero-order valence-corrected chi connectivity index (χ0v) is 15.4. The Morgan fingerprint density at radius 1 is 0.917 bits per heavy atom. The van der Waals surface area contributed by atoms with Crippen molar-refractivity contribution in [3.8, 4) is 0 Å². The van der Waals surface area contributed by atoms with Gasteiger partial charge in [0.2, 0.25) is 0 Å². The fourth-order valence-electron chi connectivity index (χ4n) is 4.02. The van der Waals surface area contributed by atoms with Gasteiger partial charge in [0.05, 0.1) is 6.04 Å². The first-order chi connectivity index (χ1) is 11.7. The van der Waals surface area contributed by atoms with Crippen LogP contribution in [0.3, 0.4) is 0 Å². The maximum atomic E-state index is 5.08. The van der Waals surface area contributed by atoms with Crippen LogP contribution in [0.15, 0.2) is 23.2 Å². The van der Waals surface area contributed by atoms with Crippen molar-refractivity contribution in [3.63, 3.8) is 0 Å². The fraction of sp³-hybridized carbons (Fsp3) is 0.667. The van der Waals surface area contributed by atoms with E-state index in [1.165, 1.54) is 81.0 Å². The number of rotatable bonds is 3. The Bertz CT molecular complexity index is 552. The first-order valence-corrected chi connectivity index (χ1v) is 9.89. The van der Waals surface area contributed by atoms with E-state index in [2.05, 4.69) is 42.7 Å². The zero-order valence-electron chi connectivity index (χ0n) is 15.4. The standard InChI is InChI=1S/C21H33N3/c1-16-13-14-20(17(2)15-16)24-21(22-18-9-5-3-6-10-18)23-19-11-7-4-8-12-19/h13-15,18-19H,3-12H2,1-2H3,(H2,22,23,24). The van der Waals surface area contributed by atoms with Crippen molar-refractivity contribution in [1.29, 1.82) is 0 Å². The summed E-state index contributed by atoms with van der Waals surface area (Å²) in [5.41, 5.74) is 3.78. The summed E-state index contributed by atoms with van der Waals surface area (Å²) in [5.74, 6) is 1.00. The van der Waals surface area contributed by atoms with Crippen molar-refractivity contribution < 1.29 is 0 Å². The van der Waals surface area contributed by atoms with Gasteiger partial charge in [0.15, 0.2) is 5.96 Å². The maximum Gasteiger partial charge on any atom is 0.196 e. The first-order valence-electron chi connectivity index (χ1n) is 9.89. The lowest BCUT2D eigenvalue weighted by molar-refractivity contribution is 0.408. The average Bonchev–Trinajstić information content (AvgIpc) is 2.59. The SMILES string of the molecule is Cc1ccc(NC(=NC2CCCCC2)NC2CCCCC2)c(C)c1. The number of nitrogens with one attached hydrogen (secondary N) is 2. The molecule has 0 aliphatic heterocycles. The highest BCUT2D eigenvalue weighted by atomic mass is 15.2. The molecule has 0 atom stereocenters. The summed E-state index contributed by atoms with van der Waals surface area (Å²) in [6.07, 6.45) is 13.1. The third kappa shape index (κ3) is 4.99. The van der Waals surface area contributed by atoms with Crippen molar-refractivity contribution >= 4 is 11.6 Å². The minimum Gasteiger partial charge on any atom is -0.353 e. The molecule has 0 amide bonds. The van der Waals surface area contributed by atoms with Gasteiger partial charge in [0.1, 0.15) is 0 Å². The summed E-state index contributed by atoms with van der Waals surface area (Å²) >= 11 is 0. The predicted octanol–water partition coefficient (Wildman–Crippen LogP) is 5.33. The quantitative estimate of drug-likeness (QED) is 0.582. The predicted molar refractivity (Wildman–Crippen MR) is 104 cm³/mol. The number of benzene rings is 1. The molecule has 3 heteroatoms. The molecule has 2 saturated carbocycles. The van der Waals surface area contributed by atoms with Gasteiger partial charge in [-0.15, -0.1) is 0 Å². The second kappa shape index (κ2) is 8.55. The Hall–Kier alpha value is -1.51. The monoisotopic (exact) mass is 327 g/mol. The van der Waals surface area contributed by atoms with Crippen LogP contribution in [0.1, 0.15) is 75.3 Å². The van der Waals surface area contributed by atoms with Crippen molar-refractivity contribution in [2.24, 2.45) is 4.99 Å². The Balaban J connectivity index is 1.73. The van der Waals surface area contributed by atoms with Crippen LogP contribution in [-0.2, 0) is 0 Å². The highest BCUT2D eigenvalue weighted by molar-refractivity contribution is 5.94. The number of anilines is 1. The Kier molecular flexibility index (Phi) is 6.17. The van der Waals surface area contributed by atoms with E-state index in [1.807, 2.05) is 0 Å². The van der Waals surface area contributed by atoms with Crippen LogP contribution in [0.5, 0.6) is 0 Å². The minimum absolute atomic E-state index is 0.489. The van der Waals surface area contributed by atoms with Crippen molar-refractivity contribution in [1.82, 2.24) is 5.32 Å². The van der Waals surface area contributed by atoms with E-state index in [9.17, 15) is 0 Å². The number of hydrogen-bond acceptors (Lipinski definition) is 1. The second-order valence-corrected chi connectivity index (χ2v) is 7.69. The van der Waals surface area contributed by atoms with Gasteiger partial charge in [0.25, 0.3) is 0 Å². The molecule has 0 saturated heterocycles. The van der Waals surface area contributed by atoms with Gasteiger partial charge in [-0.2, -0.15) is 0 Å². The lowest BCUT2D eigenvalue weighted by atomic mass is 9.95. The number of hydrogen-bond donors (Lipinski definition) is 2. The van der Waals surface area contributed by atoms with Gasteiger partial charge in [-0.25, -0.2) is 4.99 Å². The summed E-state index contributed by atoms with van der Waals surface area (Å²) < 4.78 is 0. The molecule has 0 heterocycles. The van der Waals surface area contributed by atoms with Gasteiger partial charge in [-0.1, -0.05) is 56.2 Å². The molecule has 0 bridgehead atoms. The molecule has 1 aromatic carbocycles. The number of aryl methyl sites for hydroxylation is 2. The normalized spacial score (nSPS) is 20.8.